The molecule has 1 aromatic carbocycles. The quantitative estimate of drug-likeness (QED) is 0.521. The number of amides is 1. The van der Waals surface area contributed by atoms with Crippen LogP contribution in [0.1, 0.15) is 22.5 Å². The molecule has 0 radical (unpaired) electrons. The molecular formula is C17H19ClFN3O5S2. The zero-order chi connectivity index (χ0) is 21.2. The number of hydrogen-bond acceptors (Lipinski definition) is 6. The highest BCUT2D eigenvalue weighted by molar-refractivity contribution is 8.24. The molecule has 0 aliphatic carbocycles. The number of carbonyl (C=O) groups is 1. The Bertz CT molecular complexity index is 1020. The lowest BCUT2D eigenvalue weighted by Gasteiger charge is -2.25. The van der Waals surface area contributed by atoms with E-state index in [0.717, 1.165) is 18.2 Å². The summed E-state index contributed by atoms with van der Waals surface area (Å²) in [5, 5.41) is 2.40. The summed E-state index contributed by atoms with van der Waals surface area (Å²) in [5.74, 6) is -0.762. The maximum absolute atomic E-state index is 13.2. The summed E-state index contributed by atoms with van der Waals surface area (Å²) < 4.78 is 59.3. The van der Waals surface area contributed by atoms with Crippen LogP contribution in [0.3, 0.4) is 0 Å². The van der Waals surface area contributed by atoms with Crippen LogP contribution in [0.15, 0.2) is 41.4 Å². The number of carbonyl (C=O) groups excluding carboxylic acids is 1. The standard InChI is InChI=1S/C17H19ClFN3O5S2/c18-14-7-13(2-3-15(14)19)29(26,27)21-9-11-1-4-16(20-8-11)17(23)22-12-5-6-28(24,25)10-12/h1-4,7-8,12,21,24-25H,5-6,9-10H2,(H,22,23). The van der Waals surface area contributed by atoms with Crippen LogP contribution in [0.5, 0.6) is 0 Å². The Morgan fingerprint density at radius 1 is 1.31 bits per heavy atom. The molecule has 29 heavy (non-hydrogen) atoms. The van der Waals surface area contributed by atoms with Crippen molar-refractivity contribution < 1.29 is 26.7 Å². The lowest BCUT2D eigenvalue weighted by atomic mass is 10.2. The van der Waals surface area contributed by atoms with Gasteiger partial charge >= 0.3 is 0 Å². The van der Waals surface area contributed by atoms with Gasteiger partial charge in [-0.1, -0.05) is 17.7 Å². The predicted octanol–water partition coefficient (Wildman–Crippen LogP) is 2.61. The van der Waals surface area contributed by atoms with Gasteiger partial charge in [0.25, 0.3) is 5.91 Å². The first kappa shape index (κ1) is 21.9. The fourth-order valence-corrected chi connectivity index (χ4v) is 5.77. The molecule has 1 unspecified atom stereocenters. The molecule has 2 aromatic rings. The van der Waals surface area contributed by atoms with Crippen LogP contribution >= 0.6 is 22.2 Å². The number of sulfonamides is 1. The van der Waals surface area contributed by atoms with E-state index >= 15 is 0 Å². The van der Waals surface area contributed by atoms with Gasteiger partial charge < -0.3 is 5.32 Å². The lowest BCUT2D eigenvalue weighted by Crippen LogP contribution is -2.35. The zero-order valence-electron chi connectivity index (χ0n) is 15.0. The van der Waals surface area contributed by atoms with Gasteiger partial charge in [0.15, 0.2) is 0 Å². The Hall–Kier alpha value is -1.76. The molecule has 8 nitrogen and oxygen atoms in total. The van der Waals surface area contributed by atoms with Gasteiger partial charge in [0.1, 0.15) is 11.5 Å². The van der Waals surface area contributed by atoms with E-state index in [0.29, 0.717) is 12.0 Å². The van der Waals surface area contributed by atoms with Gasteiger partial charge in [0, 0.05) is 24.5 Å². The highest BCUT2D eigenvalue weighted by Crippen LogP contribution is 2.45. The van der Waals surface area contributed by atoms with E-state index in [2.05, 4.69) is 15.0 Å². The van der Waals surface area contributed by atoms with Gasteiger partial charge in [-0.2, -0.15) is 10.6 Å². The maximum atomic E-state index is 13.2. The van der Waals surface area contributed by atoms with Crippen molar-refractivity contribution in [2.45, 2.75) is 23.9 Å². The second-order valence-corrected chi connectivity index (χ2v) is 11.1. The minimum absolute atomic E-state index is 0.0875. The molecule has 158 valence electrons. The first-order valence-corrected chi connectivity index (χ1v) is 12.2. The van der Waals surface area contributed by atoms with Crippen molar-refractivity contribution in [2.75, 3.05) is 11.5 Å². The third kappa shape index (κ3) is 5.65. The number of pyridine rings is 1. The van der Waals surface area contributed by atoms with E-state index in [9.17, 15) is 26.7 Å². The summed E-state index contributed by atoms with van der Waals surface area (Å²) in [7, 11) is -6.51. The van der Waals surface area contributed by atoms with Crippen molar-refractivity contribution in [1.82, 2.24) is 15.0 Å². The molecule has 3 rings (SSSR count). The van der Waals surface area contributed by atoms with E-state index in [-0.39, 0.29) is 39.7 Å². The van der Waals surface area contributed by atoms with Crippen molar-refractivity contribution in [3.63, 3.8) is 0 Å². The summed E-state index contributed by atoms with van der Waals surface area (Å²) >= 11 is 5.62. The minimum Gasteiger partial charge on any atom is -0.346 e. The van der Waals surface area contributed by atoms with Crippen molar-refractivity contribution in [2.24, 2.45) is 0 Å². The molecule has 0 spiro atoms. The highest BCUT2D eigenvalue weighted by Gasteiger charge is 2.29. The molecule has 1 amide bonds. The number of hydrogen-bond donors (Lipinski definition) is 4. The molecule has 0 saturated carbocycles. The Kier molecular flexibility index (Phi) is 6.46. The molecule has 4 N–H and O–H groups in total. The molecule has 1 aromatic heterocycles. The van der Waals surface area contributed by atoms with E-state index in [1.807, 2.05) is 0 Å². The van der Waals surface area contributed by atoms with E-state index in [1.165, 1.54) is 12.3 Å². The van der Waals surface area contributed by atoms with Gasteiger partial charge in [-0.3, -0.25) is 18.9 Å². The lowest BCUT2D eigenvalue weighted by molar-refractivity contribution is 0.0936. The number of nitrogens with one attached hydrogen (secondary N) is 2. The maximum Gasteiger partial charge on any atom is 0.270 e. The van der Waals surface area contributed by atoms with Crippen LogP contribution in [-0.2, 0) is 16.6 Å². The van der Waals surface area contributed by atoms with Crippen LogP contribution in [-0.4, -0.2) is 46.0 Å². The third-order valence-electron chi connectivity index (χ3n) is 4.32. The Morgan fingerprint density at radius 2 is 2.07 bits per heavy atom. The van der Waals surface area contributed by atoms with Gasteiger partial charge in [-0.25, -0.2) is 17.5 Å². The molecule has 1 aliphatic rings. The first-order chi connectivity index (χ1) is 13.6. The van der Waals surface area contributed by atoms with Gasteiger partial charge in [0.05, 0.1) is 15.7 Å². The van der Waals surface area contributed by atoms with Gasteiger partial charge in [-0.15, -0.1) is 0 Å². The van der Waals surface area contributed by atoms with Crippen molar-refractivity contribution >= 4 is 38.1 Å². The van der Waals surface area contributed by atoms with Crippen molar-refractivity contribution in [3.05, 3.63) is 58.6 Å². The summed E-state index contributed by atoms with van der Waals surface area (Å²) in [6, 6.07) is 5.76. The first-order valence-electron chi connectivity index (χ1n) is 8.50. The number of benzene rings is 1. The summed E-state index contributed by atoms with van der Waals surface area (Å²) in [4.78, 5) is 16.1. The largest absolute Gasteiger partial charge is 0.346 e. The van der Waals surface area contributed by atoms with Crippen LogP contribution in [0, 0.1) is 5.82 Å². The average Bonchev–Trinajstić information content (AvgIpc) is 3.01. The van der Waals surface area contributed by atoms with Crippen molar-refractivity contribution in [3.8, 4) is 0 Å². The molecule has 1 aliphatic heterocycles. The predicted molar refractivity (Wildman–Crippen MR) is 108 cm³/mol. The molecule has 2 heterocycles. The summed E-state index contributed by atoms with van der Waals surface area (Å²) in [5.41, 5.74) is 0.638. The molecule has 1 saturated heterocycles. The van der Waals surface area contributed by atoms with Crippen LogP contribution in [0.25, 0.3) is 0 Å². The molecule has 1 atom stereocenters. The second-order valence-electron chi connectivity index (χ2n) is 6.58. The molecular weight excluding hydrogens is 445 g/mol. The van der Waals surface area contributed by atoms with E-state index in [4.69, 9.17) is 11.6 Å². The second kappa shape index (κ2) is 8.54. The smallest absolute Gasteiger partial charge is 0.270 e. The van der Waals surface area contributed by atoms with Crippen LogP contribution in [0.2, 0.25) is 5.02 Å². The van der Waals surface area contributed by atoms with Crippen LogP contribution < -0.4 is 10.0 Å². The number of aromatic nitrogens is 1. The highest BCUT2D eigenvalue weighted by atomic mass is 35.5. The fraction of sp³-hybridized carbons (Fsp3) is 0.294. The molecule has 12 heteroatoms. The molecule has 1 fully saturated rings. The minimum atomic E-state index is -3.90. The Balaban J connectivity index is 1.59. The number of rotatable bonds is 6. The van der Waals surface area contributed by atoms with E-state index in [1.54, 1.807) is 6.07 Å². The van der Waals surface area contributed by atoms with E-state index < -0.39 is 32.3 Å². The Morgan fingerprint density at radius 3 is 2.66 bits per heavy atom. The Labute approximate surface area is 173 Å². The normalized spacial score (nSPS) is 19.7. The average molecular weight is 464 g/mol. The van der Waals surface area contributed by atoms with Gasteiger partial charge in [-0.05, 0) is 36.2 Å². The number of halogens is 2. The van der Waals surface area contributed by atoms with Gasteiger partial charge in [0.2, 0.25) is 10.0 Å². The molecule has 0 bridgehead atoms. The topological polar surface area (TPSA) is 129 Å². The summed E-state index contributed by atoms with van der Waals surface area (Å²) in [6.07, 6.45) is 1.85. The third-order valence-corrected chi connectivity index (χ3v) is 7.84. The van der Waals surface area contributed by atoms with Crippen LogP contribution in [0.4, 0.5) is 4.39 Å². The fourth-order valence-electron chi connectivity index (χ4n) is 2.76. The van der Waals surface area contributed by atoms with Crippen molar-refractivity contribution in [1.29, 1.82) is 0 Å². The SMILES string of the molecule is O=C(NC1CCS(O)(O)C1)c1ccc(CNS(=O)(=O)c2ccc(F)c(Cl)c2)cn1. The monoisotopic (exact) mass is 463 g/mol. The zero-order valence-corrected chi connectivity index (χ0v) is 17.4. The number of nitrogens with zero attached hydrogens (tertiary/aromatic N) is 1. The summed E-state index contributed by atoms with van der Waals surface area (Å²) in [6.45, 7) is -0.0875.